The van der Waals surface area contributed by atoms with Gasteiger partial charge in [-0.3, -0.25) is 29.0 Å². The summed E-state index contributed by atoms with van der Waals surface area (Å²) in [6, 6.07) is -3.35. The van der Waals surface area contributed by atoms with Crippen molar-refractivity contribution in [1.82, 2.24) is 36.1 Å². The van der Waals surface area contributed by atoms with E-state index in [0.717, 1.165) is 64.2 Å². The number of nitrogens with zero attached hydrogens (tertiary/aromatic N) is 3. The zero-order valence-corrected chi connectivity index (χ0v) is 29.5. The molecule has 1 saturated heterocycles. The largest absolute Gasteiger partial charge is 0.381 e. The van der Waals surface area contributed by atoms with E-state index in [1.165, 1.54) is 18.6 Å². The quantitative estimate of drug-likeness (QED) is 0.210. The molecule has 4 fully saturated rings. The fraction of sp³-hybridized carbons (Fsp3) is 0.750. The summed E-state index contributed by atoms with van der Waals surface area (Å²) < 4.78 is 0. The molecular formula is C36H55N7O6. The van der Waals surface area contributed by atoms with Crippen LogP contribution in [0.5, 0.6) is 0 Å². The van der Waals surface area contributed by atoms with Crippen molar-refractivity contribution in [1.29, 1.82) is 0 Å². The second-order valence-electron chi connectivity index (χ2n) is 15.7. The molecule has 3 saturated carbocycles. The number of likely N-dealkylation sites (tertiary alicyclic amines) is 1. The molecule has 0 spiro atoms. The van der Waals surface area contributed by atoms with Gasteiger partial charge in [0, 0.05) is 25.0 Å². The van der Waals surface area contributed by atoms with Gasteiger partial charge < -0.3 is 31.3 Å². The Kier molecular flexibility index (Phi) is 11.9. The van der Waals surface area contributed by atoms with Gasteiger partial charge in [0.25, 0.3) is 11.8 Å². The van der Waals surface area contributed by atoms with Crippen LogP contribution in [0.3, 0.4) is 0 Å². The van der Waals surface area contributed by atoms with Crippen molar-refractivity contribution in [2.45, 2.75) is 141 Å². The van der Waals surface area contributed by atoms with Crippen molar-refractivity contribution in [3.05, 3.63) is 24.3 Å². The lowest BCUT2D eigenvalue weighted by atomic mass is 9.82. The van der Waals surface area contributed by atoms with Gasteiger partial charge >= 0.3 is 0 Å². The molecule has 1 aliphatic heterocycles. The third kappa shape index (κ3) is 8.95. The number of carbonyl (C=O) groups excluding carboxylic acids is 5. The first kappa shape index (κ1) is 36.7. The maximum Gasteiger partial charge on any atom is 0.272 e. The van der Waals surface area contributed by atoms with Crippen molar-refractivity contribution in [3.8, 4) is 0 Å². The minimum atomic E-state index is -1.40. The summed E-state index contributed by atoms with van der Waals surface area (Å²) >= 11 is 0. The molecule has 0 aromatic carbocycles. The van der Waals surface area contributed by atoms with Gasteiger partial charge in [-0.25, -0.2) is 4.98 Å². The highest BCUT2D eigenvalue weighted by molar-refractivity contribution is 5.98. The Hall–Kier alpha value is -3.61. The Morgan fingerprint density at radius 2 is 1.65 bits per heavy atom. The number of hydrogen-bond donors (Lipinski definition) is 5. The number of aromatic nitrogens is 2. The molecule has 13 nitrogen and oxygen atoms in total. The van der Waals surface area contributed by atoms with Crippen LogP contribution < -0.4 is 21.3 Å². The van der Waals surface area contributed by atoms with Crippen LogP contribution in [0.1, 0.15) is 115 Å². The van der Waals surface area contributed by atoms with E-state index in [-0.39, 0.29) is 41.3 Å². The Morgan fingerprint density at radius 1 is 0.918 bits per heavy atom. The molecule has 2 heterocycles. The van der Waals surface area contributed by atoms with Gasteiger partial charge in [0.2, 0.25) is 17.7 Å². The molecule has 7 atom stereocenters. The van der Waals surface area contributed by atoms with E-state index in [2.05, 4.69) is 31.2 Å². The molecular weight excluding hydrogens is 626 g/mol. The van der Waals surface area contributed by atoms with E-state index in [4.69, 9.17) is 0 Å². The second kappa shape index (κ2) is 15.9. The molecule has 1 aromatic rings. The topological polar surface area (TPSA) is 183 Å². The smallest absolute Gasteiger partial charge is 0.272 e. The lowest BCUT2D eigenvalue weighted by molar-refractivity contribution is -0.146. The number of nitrogens with one attached hydrogen (secondary N) is 4. The molecule has 3 aliphatic carbocycles. The number of hydrogen-bond acceptors (Lipinski definition) is 8. The van der Waals surface area contributed by atoms with Crippen LogP contribution in [0.4, 0.5) is 0 Å². The van der Waals surface area contributed by atoms with E-state index in [9.17, 15) is 29.1 Å². The highest BCUT2D eigenvalue weighted by atomic mass is 16.3. The summed E-state index contributed by atoms with van der Waals surface area (Å²) in [7, 11) is 0. The van der Waals surface area contributed by atoms with Gasteiger partial charge in [0.15, 0.2) is 6.10 Å². The van der Waals surface area contributed by atoms with Gasteiger partial charge in [-0.1, -0.05) is 59.8 Å². The summed E-state index contributed by atoms with van der Waals surface area (Å²) in [4.78, 5) is 78.5. The van der Waals surface area contributed by atoms with Crippen molar-refractivity contribution in [2.75, 3.05) is 6.54 Å². The third-order valence-electron chi connectivity index (χ3n) is 10.8. The molecule has 5 N–H and O–H groups in total. The van der Waals surface area contributed by atoms with Crippen LogP contribution in [0.25, 0.3) is 0 Å². The van der Waals surface area contributed by atoms with Gasteiger partial charge in [0.05, 0.1) is 12.2 Å². The van der Waals surface area contributed by atoms with Crippen LogP contribution in [-0.2, 0) is 19.2 Å². The Labute approximate surface area is 289 Å². The third-order valence-corrected chi connectivity index (χ3v) is 10.8. The van der Waals surface area contributed by atoms with E-state index >= 15 is 0 Å². The maximum atomic E-state index is 14.6. The van der Waals surface area contributed by atoms with Crippen molar-refractivity contribution in [2.24, 2.45) is 23.2 Å². The minimum absolute atomic E-state index is 0.0544. The molecule has 5 rings (SSSR count). The van der Waals surface area contributed by atoms with Gasteiger partial charge in [-0.15, -0.1) is 0 Å². The molecule has 0 radical (unpaired) electrons. The van der Waals surface area contributed by atoms with E-state index < -0.39 is 53.4 Å². The van der Waals surface area contributed by atoms with Crippen LogP contribution in [0.15, 0.2) is 18.6 Å². The van der Waals surface area contributed by atoms with Crippen molar-refractivity contribution >= 4 is 29.5 Å². The highest BCUT2D eigenvalue weighted by Gasteiger charge is 2.52. The summed E-state index contributed by atoms with van der Waals surface area (Å²) in [6.45, 7) is 7.95. The molecule has 49 heavy (non-hydrogen) atoms. The molecule has 7 unspecified atom stereocenters. The Morgan fingerprint density at radius 3 is 2.29 bits per heavy atom. The number of amides is 5. The lowest BCUT2D eigenvalue weighted by Gasteiger charge is -2.38. The second-order valence-corrected chi connectivity index (χ2v) is 15.7. The van der Waals surface area contributed by atoms with Crippen LogP contribution in [0, 0.1) is 23.2 Å². The Balaban J connectivity index is 1.35. The molecule has 0 bridgehead atoms. The number of aliphatic hydroxyl groups excluding tert-OH is 1. The normalized spacial score (nSPS) is 25.0. The summed E-state index contributed by atoms with van der Waals surface area (Å²) in [6.07, 6.45) is 12.8. The fourth-order valence-electron chi connectivity index (χ4n) is 8.00. The van der Waals surface area contributed by atoms with E-state index in [1.807, 2.05) is 27.7 Å². The molecule has 13 heteroatoms. The predicted octanol–water partition coefficient (Wildman–Crippen LogP) is 2.24. The number of carbonyl (C=O) groups is 5. The van der Waals surface area contributed by atoms with E-state index in [1.54, 1.807) is 4.90 Å². The first-order valence-electron chi connectivity index (χ1n) is 18.4. The maximum absolute atomic E-state index is 14.6. The minimum Gasteiger partial charge on any atom is -0.381 e. The number of rotatable bonds is 13. The van der Waals surface area contributed by atoms with Gasteiger partial charge in [0.1, 0.15) is 23.8 Å². The monoisotopic (exact) mass is 681 g/mol. The van der Waals surface area contributed by atoms with Gasteiger partial charge in [-0.05, 0) is 68.1 Å². The SMILES string of the molecule is CCCC(NC(=O)C1C2CCCC2CN1C(=O)C(NC(=O)C(NC(=O)c1cnccn1)C1CCCCC1)C(C)(C)C)C(O)C(=O)NC1CC1. The zero-order valence-electron chi connectivity index (χ0n) is 29.5. The average Bonchev–Trinajstić information content (AvgIpc) is 3.65. The van der Waals surface area contributed by atoms with E-state index in [0.29, 0.717) is 19.4 Å². The molecule has 5 amide bonds. The number of fused-ring (bicyclic) bond motifs is 1. The molecule has 4 aliphatic rings. The fourth-order valence-corrected chi connectivity index (χ4v) is 8.00. The first-order valence-corrected chi connectivity index (χ1v) is 18.4. The summed E-state index contributed by atoms with van der Waals surface area (Å²) in [5, 5.41) is 22.6. The molecule has 1 aromatic heterocycles. The van der Waals surface area contributed by atoms with Crippen LogP contribution >= 0.6 is 0 Å². The summed E-state index contributed by atoms with van der Waals surface area (Å²) in [5.41, 5.74) is -0.618. The standard InChI is InChI=1S/C36H55N7O6/c1-5-10-25(29(44)34(48)39-23-15-16-23)40-33(47)28-24-14-9-13-22(24)20-43(28)35(49)30(36(2,3)4)42-32(46)27(21-11-7-6-8-12-21)41-31(45)26-19-37-17-18-38-26/h17-19,21-25,27-30,44H,5-16,20H2,1-4H3,(H,39,48)(H,40,47)(H,41,45)(H,42,46). The number of aliphatic hydroxyl groups is 1. The van der Waals surface area contributed by atoms with Gasteiger partial charge in [-0.2, -0.15) is 0 Å². The molecule has 270 valence electrons. The van der Waals surface area contributed by atoms with Crippen molar-refractivity contribution in [3.63, 3.8) is 0 Å². The van der Waals surface area contributed by atoms with Crippen molar-refractivity contribution < 1.29 is 29.1 Å². The highest BCUT2D eigenvalue weighted by Crippen LogP contribution is 2.43. The van der Waals surface area contributed by atoms with Crippen LogP contribution in [0.2, 0.25) is 0 Å². The average molecular weight is 682 g/mol. The zero-order chi connectivity index (χ0) is 35.3. The van der Waals surface area contributed by atoms with Crippen LogP contribution in [-0.4, -0.2) is 92.4 Å². The predicted molar refractivity (Wildman–Crippen MR) is 182 cm³/mol. The first-order chi connectivity index (χ1) is 23.4. The lowest BCUT2D eigenvalue weighted by Crippen LogP contribution is -2.62. The Bertz CT molecular complexity index is 1340. The summed E-state index contributed by atoms with van der Waals surface area (Å²) in [5.74, 6) is -2.18.